The summed E-state index contributed by atoms with van der Waals surface area (Å²) >= 11 is 0.463. The highest BCUT2D eigenvalue weighted by atomic mass is 32.2. The van der Waals surface area contributed by atoms with Gasteiger partial charge in [0.05, 0.1) is 4.92 Å². The maximum atomic E-state index is 10.9. The van der Waals surface area contributed by atoms with Crippen LogP contribution in [-0.2, 0) is 10.0 Å². The average molecular weight is 224 g/mol. The molecule has 72 valence electrons. The molecule has 0 aliphatic carbocycles. The van der Waals surface area contributed by atoms with Crippen LogP contribution in [0.5, 0.6) is 0 Å². The summed E-state index contributed by atoms with van der Waals surface area (Å²) in [5.74, 6) is 0. The molecule has 13 heavy (non-hydrogen) atoms. The number of rotatable bonds is 3. The number of hydrogen-bond acceptors (Lipinski definition) is 6. The fraction of sp³-hybridized carbons (Fsp3) is 0. The highest BCUT2D eigenvalue weighted by Gasteiger charge is 2.19. The quantitative estimate of drug-likeness (QED) is 0.567. The average Bonchev–Trinajstić information content (AvgIpc) is 2.52. The lowest BCUT2D eigenvalue weighted by molar-refractivity contribution is -0.380. The summed E-state index contributed by atoms with van der Waals surface area (Å²) in [5.41, 5.74) is 0. The van der Waals surface area contributed by atoms with Crippen LogP contribution in [0.25, 0.3) is 0 Å². The molecule has 0 aliphatic rings. The molecule has 0 unspecified atom stereocenters. The van der Waals surface area contributed by atoms with E-state index in [-0.39, 0.29) is 9.21 Å². The topological polar surface area (TPSA) is 110 Å². The molecule has 0 spiro atoms. The summed E-state index contributed by atoms with van der Waals surface area (Å²) in [5, 5.41) is 18.1. The van der Waals surface area contributed by atoms with Gasteiger partial charge >= 0.3 is 5.00 Å². The third-order valence-electron chi connectivity index (χ3n) is 1.13. The molecule has 1 aromatic heterocycles. The van der Waals surface area contributed by atoms with Crippen molar-refractivity contribution in [3.05, 3.63) is 22.2 Å². The van der Waals surface area contributed by atoms with Gasteiger partial charge in [-0.05, 0) is 17.4 Å². The Balaban J connectivity index is 3.13. The maximum absolute atomic E-state index is 10.9. The molecular weight excluding hydrogens is 220 g/mol. The summed E-state index contributed by atoms with van der Waals surface area (Å²) in [4.78, 5) is 10.5. The van der Waals surface area contributed by atoms with E-state index in [4.69, 9.17) is 5.21 Å². The van der Waals surface area contributed by atoms with E-state index in [1.54, 1.807) is 0 Å². The van der Waals surface area contributed by atoms with Crippen molar-refractivity contribution in [2.24, 2.45) is 0 Å². The zero-order chi connectivity index (χ0) is 10.1. The van der Waals surface area contributed by atoms with Crippen LogP contribution in [0.1, 0.15) is 0 Å². The predicted octanol–water partition coefficient (Wildman–Crippen LogP) is 0.324. The van der Waals surface area contributed by atoms with Crippen molar-refractivity contribution in [1.29, 1.82) is 0 Å². The Hall–Kier alpha value is -1.03. The van der Waals surface area contributed by atoms with Crippen LogP contribution in [0.2, 0.25) is 0 Å². The summed E-state index contributed by atoms with van der Waals surface area (Å²) in [6.07, 6.45) is 0. The Bertz CT molecular complexity index is 421. The second-order valence-corrected chi connectivity index (χ2v) is 4.89. The molecule has 9 heteroatoms. The van der Waals surface area contributed by atoms with E-state index in [2.05, 4.69) is 0 Å². The van der Waals surface area contributed by atoms with Crippen LogP contribution < -0.4 is 4.89 Å². The fourth-order valence-electron chi connectivity index (χ4n) is 0.598. The van der Waals surface area contributed by atoms with Crippen molar-refractivity contribution in [3.63, 3.8) is 0 Å². The molecule has 0 saturated carbocycles. The van der Waals surface area contributed by atoms with Gasteiger partial charge < -0.3 is 5.21 Å². The molecule has 0 atom stereocenters. The Morgan fingerprint density at radius 1 is 1.54 bits per heavy atom. The summed E-state index contributed by atoms with van der Waals surface area (Å²) < 4.78 is 21.4. The zero-order valence-electron chi connectivity index (χ0n) is 6.00. The van der Waals surface area contributed by atoms with Crippen molar-refractivity contribution in [1.82, 2.24) is 4.89 Å². The van der Waals surface area contributed by atoms with Crippen molar-refractivity contribution in [2.75, 3.05) is 0 Å². The van der Waals surface area contributed by atoms with Crippen LogP contribution in [0.4, 0.5) is 5.00 Å². The maximum Gasteiger partial charge on any atom is 0.325 e. The molecule has 0 saturated heterocycles. The Morgan fingerprint density at radius 3 is 2.54 bits per heavy atom. The minimum Gasteiger partial charge on any atom is -0.302 e. The van der Waals surface area contributed by atoms with E-state index in [9.17, 15) is 18.5 Å². The molecule has 1 heterocycles. The highest BCUT2D eigenvalue weighted by Crippen LogP contribution is 2.26. The van der Waals surface area contributed by atoms with E-state index in [1.165, 1.54) is 0 Å². The number of thiophene rings is 1. The number of sulfonamides is 1. The number of nitrogens with one attached hydrogen (secondary N) is 1. The van der Waals surface area contributed by atoms with Gasteiger partial charge in [-0.2, -0.15) is 0 Å². The van der Waals surface area contributed by atoms with E-state index in [1.807, 2.05) is 0 Å². The van der Waals surface area contributed by atoms with Crippen molar-refractivity contribution < 1.29 is 18.5 Å². The molecule has 0 bridgehead atoms. The Labute approximate surface area is 76.8 Å². The smallest absolute Gasteiger partial charge is 0.302 e. The van der Waals surface area contributed by atoms with E-state index >= 15 is 0 Å². The van der Waals surface area contributed by atoms with Gasteiger partial charge in [0.25, 0.3) is 10.0 Å². The minimum absolute atomic E-state index is 0.297. The van der Waals surface area contributed by atoms with Crippen LogP contribution in [0, 0.1) is 10.1 Å². The second-order valence-electron chi connectivity index (χ2n) is 1.94. The molecule has 0 radical (unpaired) electrons. The van der Waals surface area contributed by atoms with Gasteiger partial charge in [0.1, 0.15) is 4.21 Å². The van der Waals surface area contributed by atoms with Crippen LogP contribution >= 0.6 is 11.3 Å². The van der Waals surface area contributed by atoms with Gasteiger partial charge in [0.15, 0.2) is 0 Å². The zero-order valence-corrected chi connectivity index (χ0v) is 7.63. The van der Waals surface area contributed by atoms with Crippen molar-refractivity contribution in [3.8, 4) is 0 Å². The first-order valence-corrected chi connectivity index (χ1v) is 5.17. The summed E-state index contributed by atoms with van der Waals surface area (Å²) in [6, 6.07) is 2.09. The summed E-state index contributed by atoms with van der Waals surface area (Å²) in [6.45, 7) is 0. The van der Waals surface area contributed by atoms with Crippen molar-refractivity contribution >= 4 is 26.4 Å². The van der Waals surface area contributed by atoms with E-state index < -0.39 is 14.9 Å². The molecule has 0 aromatic carbocycles. The first-order valence-electron chi connectivity index (χ1n) is 2.87. The van der Waals surface area contributed by atoms with Gasteiger partial charge in [-0.1, -0.05) is 4.89 Å². The Morgan fingerprint density at radius 2 is 2.15 bits per heavy atom. The van der Waals surface area contributed by atoms with Gasteiger partial charge in [-0.15, -0.1) is 0 Å². The molecule has 2 N–H and O–H groups in total. The highest BCUT2D eigenvalue weighted by molar-refractivity contribution is 7.91. The third-order valence-corrected chi connectivity index (χ3v) is 3.78. The largest absolute Gasteiger partial charge is 0.325 e. The van der Waals surface area contributed by atoms with Crippen molar-refractivity contribution in [2.45, 2.75) is 4.21 Å². The molecule has 1 rings (SSSR count). The van der Waals surface area contributed by atoms with Gasteiger partial charge in [-0.25, -0.2) is 8.42 Å². The minimum atomic E-state index is -3.99. The monoisotopic (exact) mass is 224 g/mol. The molecule has 1 aromatic rings. The third kappa shape index (κ3) is 2.01. The Kier molecular flexibility index (Phi) is 2.61. The molecule has 0 fully saturated rings. The van der Waals surface area contributed by atoms with Crippen LogP contribution in [-0.4, -0.2) is 18.5 Å². The lowest BCUT2D eigenvalue weighted by Gasteiger charge is -1.93. The predicted molar refractivity (Wildman–Crippen MR) is 43.1 cm³/mol. The SMILES string of the molecule is O=[N+]([O-])c1ccc(S(=O)(=O)NO)s1. The van der Waals surface area contributed by atoms with Gasteiger partial charge in [0.2, 0.25) is 0 Å². The van der Waals surface area contributed by atoms with Crippen LogP contribution in [0.3, 0.4) is 0 Å². The first kappa shape index (κ1) is 10.1. The normalized spacial score (nSPS) is 11.5. The standard InChI is InChI=1S/C4H4N2O5S2/c7-5-13(10,11)4-2-1-3(12-4)6(8)9/h1-2,5,7H. The van der Waals surface area contributed by atoms with Gasteiger partial charge in [0, 0.05) is 6.07 Å². The van der Waals surface area contributed by atoms with E-state index in [0.29, 0.717) is 11.3 Å². The molecule has 7 nitrogen and oxygen atoms in total. The number of nitrogens with zero attached hydrogens (tertiary/aromatic N) is 1. The number of nitro groups is 1. The van der Waals surface area contributed by atoms with Crippen LogP contribution in [0.15, 0.2) is 16.3 Å². The first-order chi connectivity index (χ1) is 5.97. The van der Waals surface area contributed by atoms with Gasteiger partial charge in [-0.3, -0.25) is 10.1 Å². The molecule has 0 aliphatic heterocycles. The second kappa shape index (κ2) is 3.38. The lowest BCUT2D eigenvalue weighted by atomic mass is 10.6. The van der Waals surface area contributed by atoms with E-state index in [0.717, 1.165) is 17.0 Å². The number of hydrogen-bond donors (Lipinski definition) is 2. The molecular formula is C4H4N2O5S2. The lowest BCUT2D eigenvalue weighted by Crippen LogP contribution is -2.17. The molecule has 0 amide bonds. The fourth-order valence-corrected chi connectivity index (χ4v) is 2.29. The summed E-state index contributed by atoms with van der Waals surface area (Å²) in [7, 11) is -3.99.